The van der Waals surface area contributed by atoms with Gasteiger partial charge in [0.2, 0.25) is 0 Å². The smallest absolute Gasteiger partial charge is 0.414 e. The number of rotatable bonds is 1. The van der Waals surface area contributed by atoms with E-state index in [1.54, 1.807) is 18.2 Å². The van der Waals surface area contributed by atoms with Crippen molar-refractivity contribution in [3.63, 3.8) is 0 Å². The lowest BCUT2D eigenvalue weighted by molar-refractivity contribution is 0.0763. The van der Waals surface area contributed by atoms with Gasteiger partial charge in [0, 0.05) is 17.3 Å². The van der Waals surface area contributed by atoms with Crippen LogP contribution >= 0.6 is 0 Å². The van der Waals surface area contributed by atoms with Crippen molar-refractivity contribution in [2.24, 2.45) is 0 Å². The van der Waals surface area contributed by atoms with Crippen LogP contribution < -0.4 is 0 Å². The number of imide groups is 1. The average molecular weight is 260 g/mol. The Kier molecular flexibility index (Phi) is 2.38. The molecule has 96 valence electrons. The van der Waals surface area contributed by atoms with Crippen molar-refractivity contribution in [3.05, 3.63) is 47.4 Å². The van der Waals surface area contributed by atoms with Crippen LogP contribution in [-0.2, 0) is 6.54 Å². The number of carbonyl (C=O) groups excluding carboxylic acids is 1. The SMILES string of the molecule is O=C(O)N1Cc2c(c[nH]c2-c2ccccc2F)C1=O. The minimum absolute atomic E-state index is 0.0589. The number of nitrogens with zero attached hydrogens (tertiary/aromatic N) is 1. The molecule has 0 bridgehead atoms. The van der Waals surface area contributed by atoms with Crippen molar-refractivity contribution < 1.29 is 19.1 Å². The Morgan fingerprint density at radius 1 is 1.32 bits per heavy atom. The fourth-order valence-electron chi connectivity index (χ4n) is 2.24. The summed E-state index contributed by atoms with van der Waals surface area (Å²) < 4.78 is 13.7. The van der Waals surface area contributed by atoms with E-state index in [-0.39, 0.29) is 12.1 Å². The van der Waals surface area contributed by atoms with Crippen LogP contribution in [0.4, 0.5) is 9.18 Å². The van der Waals surface area contributed by atoms with Crippen molar-refractivity contribution in [3.8, 4) is 11.3 Å². The van der Waals surface area contributed by atoms with E-state index in [2.05, 4.69) is 4.98 Å². The summed E-state index contributed by atoms with van der Waals surface area (Å²) in [5.74, 6) is -1.00. The van der Waals surface area contributed by atoms with Gasteiger partial charge in [-0.1, -0.05) is 12.1 Å². The third-order valence-electron chi connectivity index (χ3n) is 3.15. The number of aromatic amines is 1. The molecule has 2 N–H and O–H groups in total. The van der Waals surface area contributed by atoms with Crippen molar-refractivity contribution >= 4 is 12.0 Å². The number of benzene rings is 1. The minimum atomic E-state index is -1.30. The van der Waals surface area contributed by atoms with Gasteiger partial charge in [0.25, 0.3) is 5.91 Å². The van der Waals surface area contributed by atoms with E-state index in [9.17, 15) is 14.0 Å². The molecule has 0 atom stereocenters. The summed E-state index contributed by atoms with van der Waals surface area (Å²) in [6.45, 7) is -0.0589. The number of carboxylic acid groups (broad SMARTS) is 1. The van der Waals surface area contributed by atoms with E-state index in [1.165, 1.54) is 12.3 Å². The Bertz CT molecular complexity index is 693. The van der Waals surface area contributed by atoms with E-state index >= 15 is 0 Å². The predicted molar refractivity (Wildman–Crippen MR) is 64.1 cm³/mol. The van der Waals surface area contributed by atoms with Crippen molar-refractivity contribution in [2.45, 2.75) is 6.54 Å². The van der Waals surface area contributed by atoms with Crippen molar-refractivity contribution in [2.75, 3.05) is 0 Å². The topological polar surface area (TPSA) is 73.4 Å². The number of aromatic nitrogens is 1. The number of carbonyl (C=O) groups is 2. The van der Waals surface area contributed by atoms with Gasteiger partial charge in [-0.2, -0.15) is 0 Å². The molecule has 6 heteroatoms. The van der Waals surface area contributed by atoms with E-state index in [0.29, 0.717) is 21.7 Å². The molecule has 3 rings (SSSR count). The van der Waals surface area contributed by atoms with E-state index in [0.717, 1.165) is 0 Å². The third-order valence-corrected chi connectivity index (χ3v) is 3.15. The maximum Gasteiger partial charge on any atom is 0.414 e. The van der Waals surface area contributed by atoms with Crippen LogP contribution in [0, 0.1) is 5.82 Å². The van der Waals surface area contributed by atoms with Gasteiger partial charge in [0.05, 0.1) is 17.8 Å². The molecule has 19 heavy (non-hydrogen) atoms. The van der Waals surface area contributed by atoms with Crippen LogP contribution in [0.1, 0.15) is 15.9 Å². The Morgan fingerprint density at radius 2 is 2.05 bits per heavy atom. The van der Waals surface area contributed by atoms with E-state index in [4.69, 9.17) is 5.11 Å². The van der Waals surface area contributed by atoms with Gasteiger partial charge >= 0.3 is 6.09 Å². The molecule has 0 unspecified atom stereocenters. The molecule has 5 nitrogen and oxygen atoms in total. The lowest BCUT2D eigenvalue weighted by Gasteiger charge is -2.09. The molecular weight excluding hydrogens is 251 g/mol. The summed E-state index contributed by atoms with van der Waals surface area (Å²) in [6, 6.07) is 6.14. The second kappa shape index (κ2) is 3.94. The van der Waals surface area contributed by atoms with Crippen LogP contribution in [0.25, 0.3) is 11.3 Å². The quantitative estimate of drug-likeness (QED) is 0.827. The first-order valence-corrected chi connectivity index (χ1v) is 5.59. The number of fused-ring (bicyclic) bond motifs is 1. The molecule has 2 aromatic rings. The molecule has 1 aliphatic rings. The molecule has 1 aromatic carbocycles. The second-order valence-corrected chi connectivity index (χ2v) is 4.21. The highest BCUT2D eigenvalue weighted by atomic mass is 19.1. The van der Waals surface area contributed by atoms with Crippen LogP contribution in [0.2, 0.25) is 0 Å². The van der Waals surface area contributed by atoms with Crippen LogP contribution in [0.5, 0.6) is 0 Å². The van der Waals surface area contributed by atoms with Crippen molar-refractivity contribution in [1.82, 2.24) is 9.88 Å². The standard InChI is InChI=1S/C13H9FN2O3/c14-10-4-2-1-3-7(10)11-9-6-16(13(18)19)12(17)8(9)5-15-11/h1-5,15H,6H2,(H,18,19). The summed E-state index contributed by atoms with van der Waals surface area (Å²) in [6.07, 6.45) is 0.114. The van der Waals surface area contributed by atoms with Gasteiger partial charge in [-0.3, -0.25) is 4.79 Å². The molecule has 0 radical (unpaired) electrons. The zero-order chi connectivity index (χ0) is 13.6. The first-order valence-electron chi connectivity index (χ1n) is 5.59. The molecule has 1 aliphatic heterocycles. The Morgan fingerprint density at radius 3 is 2.74 bits per heavy atom. The maximum absolute atomic E-state index is 13.7. The summed E-state index contributed by atoms with van der Waals surface area (Å²) in [4.78, 5) is 26.3. The Labute approximate surface area is 107 Å². The van der Waals surface area contributed by atoms with Gasteiger partial charge in [-0.15, -0.1) is 0 Å². The number of nitrogens with one attached hydrogen (secondary N) is 1. The first kappa shape index (κ1) is 11.5. The second-order valence-electron chi connectivity index (χ2n) is 4.21. The summed E-state index contributed by atoms with van der Waals surface area (Å²) in [5, 5.41) is 8.91. The molecule has 0 saturated carbocycles. The fraction of sp³-hybridized carbons (Fsp3) is 0.0769. The number of amides is 2. The van der Waals surface area contributed by atoms with E-state index in [1.807, 2.05) is 0 Å². The summed E-state index contributed by atoms with van der Waals surface area (Å²) in [7, 11) is 0. The first-order chi connectivity index (χ1) is 9.09. The zero-order valence-electron chi connectivity index (χ0n) is 9.68. The summed E-state index contributed by atoms with van der Waals surface area (Å²) in [5.41, 5.74) is 1.56. The molecule has 0 spiro atoms. The van der Waals surface area contributed by atoms with E-state index < -0.39 is 17.8 Å². The number of hydrogen-bond donors (Lipinski definition) is 2. The third kappa shape index (κ3) is 1.61. The van der Waals surface area contributed by atoms with Crippen molar-refractivity contribution in [1.29, 1.82) is 0 Å². The highest BCUT2D eigenvalue weighted by Crippen LogP contribution is 2.33. The monoisotopic (exact) mass is 260 g/mol. The zero-order valence-corrected chi connectivity index (χ0v) is 9.68. The highest BCUT2D eigenvalue weighted by molar-refractivity contribution is 6.07. The molecule has 0 fully saturated rings. The van der Waals surface area contributed by atoms with Gasteiger partial charge in [0.15, 0.2) is 0 Å². The predicted octanol–water partition coefficient (Wildman–Crippen LogP) is 2.45. The van der Waals surface area contributed by atoms with Gasteiger partial charge in [-0.25, -0.2) is 14.1 Å². The van der Waals surface area contributed by atoms with Gasteiger partial charge in [0.1, 0.15) is 5.82 Å². The molecule has 2 amide bonds. The largest absolute Gasteiger partial charge is 0.465 e. The molecule has 1 aromatic heterocycles. The molecule has 0 saturated heterocycles. The molecular formula is C13H9FN2O3. The molecule has 2 heterocycles. The number of hydrogen-bond acceptors (Lipinski definition) is 2. The van der Waals surface area contributed by atoms with Crippen LogP contribution in [-0.4, -0.2) is 27.0 Å². The number of H-pyrrole nitrogens is 1. The van der Waals surface area contributed by atoms with Gasteiger partial charge < -0.3 is 10.1 Å². The van der Waals surface area contributed by atoms with Crippen LogP contribution in [0.3, 0.4) is 0 Å². The summed E-state index contributed by atoms with van der Waals surface area (Å²) >= 11 is 0. The minimum Gasteiger partial charge on any atom is -0.465 e. The Balaban J connectivity index is 2.11. The normalized spacial score (nSPS) is 13.7. The average Bonchev–Trinajstić information content (AvgIpc) is 2.91. The van der Waals surface area contributed by atoms with Crippen LogP contribution in [0.15, 0.2) is 30.5 Å². The van der Waals surface area contributed by atoms with Gasteiger partial charge in [-0.05, 0) is 12.1 Å². The Hall–Kier alpha value is -2.63. The lowest BCUT2D eigenvalue weighted by Crippen LogP contribution is -2.29. The number of halogens is 1. The lowest BCUT2D eigenvalue weighted by atomic mass is 10.1. The maximum atomic E-state index is 13.7. The fourth-order valence-corrected chi connectivity index (χ4v) is 2.24. The molecule has 0 aliphatic carbocycles. The highest BCUT2D eigenvalue weighted by Gasteiger charge is 2.35.